The Balaban J connectivity index is 1.29. The van der Waals surface area contributed by atoms with Gasteiger partial charge in [-0.05, 0) is 185 Å². The summed E-state index contributed by atoms with van der Waals surface area (Å²) in [6.07, 6.45) is 27.8. The van der Waals surface area contributed by atoms with Crippen LogP contribution in [-0.4, -0.2) is 79.8 Å². The Kier molecular flexibility index (Phi) is 30.3. The van der Waals surface area contributed by atoms with E-state index in [0.29, 0.717) is 50.0 Å². The van der Waals surface area contributed by atoms with E-state index in [1.807, 2.05) is 58.1 Å². The zero-order valence-corrected chi connectivity index (χ0v) is 71.7. The quantitative estimate of drug-likeness (QED) is 0.0142. The molecule has 0 bridgehead atoms. The lowest BCUT2D eigenvalue weighted by Gasteiger charge is -2.26. The van der Waals surface area contributed by atoms with Crippen molar-refractivity contribution in [3.05, 3.63) is 201 Å². The number of esters is 3. The summed E-state index contributed by atoms with van der Waals surface area (Å²) in [5.41, 5.74) is 31.3. The Hall–Kier alpha value is -10.1. The first-order chi connectivity index (χ1) is 54.9. The highest BCUT2D eigenvalue weighted by Gasteiger charge is 2.52. The number of nitrogens with one attached hydrogen (secondary N) is 5. The molecule has 116 heavy (non-hydrogen) atoms. The monoisotopic (exact) mass is 1580 g/mol. The van der Waals surface area contributed by atoms with Crippen LogP contribution in [0.4, 0.5) is 22.7 Å². The third kappa shape index (κ3) is 24.0. The van der Waals surface area contributed by atoms with Gasteiger partial charge >= 0.3 is 17.9 Å². The normalized spacial score (nSPS) is 23.6. The van der Waals surface area contributed by atoms with E-state index in [9.17, 15) is 39.0 Å². The van der Waals surface area contributed by atoms with E-state index < -0.39 is 71.1 Å². The summed E-state index contributed by atoms with van der Waals surface area (Å²) in [7, 11) is 0. The first kappa shape index (κ1) is 89.8. The van der Waals surface area contributed by atoms with Gasteiger partial charge in [0.15, 0.2) is 0 Å². The molecule has 11 N–H and O–H groups in total. The molecule has 9 atom stereocenters. The van der Waals surface area contributed by atoms with Crippen LogP contribution in [0.1, 0.15) is 246 Å². The molecule has 19 nitrogen and oxygen atoms in total. The van der Waals surface area contributed by atoms with Gasteiger partial charge in [-0.25, -0.2) is 0 Å². The van der Waals surface area contributed by atoms with E-state index in [0.717, 1.165) is 71.1 Å². The molecule has 4 aromatic carbocycles. The number of amides is 4. The lowest BCUT2D eigenvalue weighted by Crippen LogP contribution is -2.22. The van der Waals surface area contributed by atoms with E-state index in [2.05, 4.69) is 148 Å². The number of unbranched alkanes of at least 4 members (excludes halogenated alkanes) is 4. The van der Waals surface area contributed by atoms with Crippen molar-refractivity contribution >= 4 is 92.3 Å². The van der Waals surface area contributed by atoms with Gasteiger partial charge in [0.05, 0.1) is 89.9 Å². The molecule has 4 aromatic rings. The zero-order chi connectivity index (χ0) is 84.7. The largest absolute Gasteiger partial charge is 0.465 e. The Labute approximate surface area is 688 Å². The summed E-state index contributed by atoms with van der Waals surface area (Å²) in [6.45, 7) is 37.4. The average Bonchev–Trinajstić information content (AvgIpc) is 1.19. The van der Waals surface area contributed by atoms with Crippen molar-refractivity contribution < 1.29 is 52.5 Å². The van der Waals surface area contributed by atoms with Crippen LogP contribution >= 0.6 is 0 Å². The Morgan fingerprint density at radius 2 is 0.810 bits per heavy atom. The Bertz CT molecular complexity index is 4490. The molecule has 0 heterocycles. The SMILES string of the molecule is CCCCOC(=O)[C@@H]1C[C@H]1C(=O)Nc1cccc(NC(=O)C2C[C@H]2C(C)OCCCC)c1C1=C(N)/C=C\C=C(/c2cc(C(C)(C)C)cc(C(C)(C)C)c2)C\C=C/C(N)=C(c2c(NC(=O)[C@@H]3C[C@H]3C(=O)OCCCC)cccc2NC(=O)[C@@H]2C[C@H]2C(=O)OCCCC)\C(N)=C\C=C\C(c2cc(C(C)(C)C)cc(C(C)(C)C)c2)=C\C=CC1=N. The second-order valence-electron chi connectivity index (χ2n) is 36.1. The van der Waals surface area contributed by atoms with Gasteiger partial charge in [0.25, 0.3) is 0 Å². The summed E-state index contributed by atoms with van der Waals surface area (Å²) >= 11 is 0. The standard InChI is InChI=1S/C97H128N8O11/c1-18-22-44-113-58(5)67-54-68(67)87(106)102-79-40-30-41-80(103-88(107)69-55-72(69)91(110)114-45-23-19-2)85(79)83-75(98)36-26-32-59(61-48-63(94(6,7)8)52-64(49-61)95(9,10)11)34-28-38-77(100)84(78(101)39-29-35-60(33-27-37-76(83)99)62-50-65(96(12,13)14)53-66(51-62)97(15,16)17)86-81(104-89(108)70-56-73(70)92(111)115-46-24-20-3)42-31-43-82(86)105-90(109)71-57-74(71)93(112)116-47-25-21-4/h26-34,36-43,48-53,58,67-74,98H,18-25,35,44-47,54-57,99-101H2,1-17H3,(H,102,106)(H,103,107)(H,104,108)(H,105,109)/b34-28+,36-26?,37-27-,39-29-,59-32-,60-33-,77-38-,83-76?,84-78-,98-75?/t58?,67-,68?,69+,70+,71+,72+,73+,74+/m0/s1. The zero-order valence-electron chi connectivity index (χ0n) is 71.7. The van der Waals surface area contributed by atoms with E-state index >= 15 is 0 Å². The molecule has 0 aliphatic heterocycles. The summed E-state index contributed by atoms with van der Waals surface area (Å²) in [5.74, 6) is -7.34. The van der Waals surface area contributed by atoms with Crippen LogP contribution in [-0.2, 0) is 74.2 Å². The summed E-state index contributed by atoms with van der Waals surface area (Å²) in [4.78, 5) is 98.8. The maximum absolute atomic E-state index is 14.8. The van der Waals surface area contributed by atoms with E-state index in [-0.39, 0.29) is 147 Å². The third-order valence-corrected chi connectivity index (χ3v) is 22.3. The molecule has 4 saturated carbocycles. The lowest BCUT2D eigenvalue weighted by molar-refractivity contribution is -0.147. The predicted octanol–water partition coefficient (Wildman–Crippen LogP) is 19.1. The minimum atomic E-state index is -0.706. The number of ether oxygens (including phenoxy) is 4. The molecule has 4 amide bonds. The minimum Gasteiger partial charge on any atom is -0.465 e. The Morgan fingerprint density at radius 1 is 0.440 bits per heavy atom. The third-order valence-electron chi connectivity index (χ3n) is 22.3. The van der Waals surface area contributed by atoms with Gasteiger partial charge in [0.1, 0.15) is 0 Å². The lowest BCUT2D eigenvalue weighted by atomic mass is 9.78. The number of nitrogens with two attached hydrogens (primary N) is 3. The van der Waals surface area contributed by atoms with Crippen LogP contribution in [0, 0.1) is 52.8 Å². The highest BCUT2D eigenvalue weighted by Crippen LogP contribution is 2.48. The minimum absolute atomic E-state index is 0.0322. The highest BCUT2D eigenvalue weighted by molar-refractivity contribution is 6.31. The maximum Gasteiger partial charge on any atom is 0.309 e. The van der Waals surface area contributed by atoms with Crippen molar-refractivity contribution in [1.29, 1.82) is 5.41 Å². The first-order valence-corrected chi connectivity index (χ1v) is 42.0. The predicted molar refractivity (Wildman–Crippen MR) is 469 cm³/mol. The van der Waals surface area contributed by atoms with Crippen LogP contribution in [0.2, 0.25) is 0 Å². The molecule has 5 aliphatic carbocycles. The number of benzene rings is 4. The second kappa shape index (κ2) is 39.2. The van der Waals surface area contributed by atoms with Crippen molar-refractivity contribution in [3.63, 3.8) is 0 Å². The molecule has 4 fully saturated rings. The number of anilines is 4. The fourth-order valence-corrected chi connectivity index (χ4v) is 14.2. The molecule has 9 rings (SSSR count). The van der Waals surface area contributed by atoms with E-state index in [4.69, 9.17) is 36.1 Å². The number of carbonyl (C=O) groups is 7. The first-order valence-electron chi connectivity index (χ1n) is 42.0. The van der Waals surface area contributed by atoms with Crippen LogP contribution < -0.4 is 38.5 Å². The van der Waals surface area contributed by atoms with Gasteiger partial charge in [-0.1, -0.05) is 228 Å². The second-order valence-corrected chi connectivity index (χ2v) is 36.1. The molecule has 622 valence electrons. The van der Waals surface area contributed by atoms with Crippen LogP contribution in [0.5, 0.6) is 0 Å². The molecule has 0 aromatic heterocycles. The summed E-state index contributed by atoms with van der Waals surface area (Å²) in [6, 6.07) is 23.4. The van der Waals surface area contributed by atoms with Crippen molar-refractivity contribution in [2.45, 2.75) is 229 Å². The van der Waals surface area contributed by atoms with Crippen molar-refractivity contribution in [3.8, 4) is 0 Å². The van der Waals surface area contributed by atoms with Gasteiger partial charge in [0, 0.05) is 51.9 Å². The van der Waals surface area contributed by atoms with Crippen molar-refractivity contribution in [2.75, 3.05) is 47.7 Å². The molecule has 19 heteroatoms. The number of carbonyl (C=O) groups excluding carboxylic acids is 7. The van der Waals surface area contributed by atoms with Crippen molar-refractivity contribution in [1.82, 2.24) is 0 Å². The van der Waals surface area contributed by atoms with Gasteiger partial charge in [-0.2, -0.15) is 0 Å². The van der Waals surface area contributed by atoms with Crippen LogP contribution in [0.15, 0.2) is 157 Å². The number of hydrogen-bond donors (Lipinski definition) is 8. The number of rotatable bonds is 29. The Morgan fingerprint density at radius 3 is 1.22 bits per heavy atom. The van der Waals surface area contributed by atoms with E-state index in [1.54, 1.807) is 72.9 Å². The smallest absolute Gasteiger partial charge is 0.309 e. The van der Waals surface area contributed by atoms with Gasteiger partial charge in [0.2, 0.25) is 23.6 Å². The highest BCUT2D eigenvalue weighted by atomic mass is 16.5. The fraction of sp³-hybridized carbons (Fsp3) is 0.485. The number of hydrogen-bond acceptors (Lipinski definition) is 15. The molecule has 0 radical (unpaired) electrons. The number of allylic oxidation sites excluding steroid dienone is 15. The molecule has 0 saturated heterocycles. The van der Waals surface area contributed by atoms with Crippen LogP contribution in [0.3, 0.4) is 0 Å². The molecular weight excluding hydrogens is 1450 g/mol. The van der Waals surface area contributed by atoms with E-state index in [1.165, 1.54) is 0 Å². The van der Waals surface area contributed by atoms with Crippen molar-refractivity contribution in [2.24, 2.45) is 64.5 Å². The topological polar surface area (TPSA) is 306 Å². The molecule has 2 unspecified atom stereocenters. The van der Waals surface area contributed by atoms with Gasteiger partial charge in [-0.15, -0.1) is 0 Å². The molecule has 0 spiro atoms. The van der Waals surface area contributed by atoms with Gasteiger partial charge < -0.3 is 62.8 Å². The summed E-state index contributed by atoms with van der Waals surface area (Å²) in [5, 5.41) is 23.1. The molecule has 5 aliphatic rings. The maximum atomic E-state index is 14.8. The average molecular weight is 1580 g/mol. The van der Waals surface area contributed by atoms with Gasteiger partial charge in [-0.3, -0.25) is 33.6 Å². The summed E-state index contributed by atoms with van der Waals surface area (Å²) < 4.78 is 23.0. The fourth-order valence-electron chi connectivity index (χ4n) is 14.2. The molecular formula is C97H128N8O11. The van der Waals surface area contributed by atoms with Crippen LogP contribution in [0.25, 0.3) is 22.3 Å².